The molecule has 0 spiro atoms. The Labute approximate surface area is 158 Å². The zero-order valence-corrected chi connectivity index (χ0v) is 16.8. The minimum atomic E-state index is -0.339. The highest BCUT2D eigenvalue weighted by molar-refractivity contribution is 5.95. The number of rotatable bonds is 13. The molecule has 4 heteroatoms. The smallest absolute Gasteiger partial charge is 0.325 e. The minimum absolute atomic E-state index is 0.00768. The quantitative estimate of drug-likeness (QED) is 0.367. The molecule has 0 N–H and O–H groups in total. The van der Waals surface area contributed by atoms with Crippen LogP contribution in [0.4, 0.5) is 0 Å². The Kier molecular flexibility index (Phi) is 11.4. The third kappa shape index (κ3) is 9.02. The lowest BCUT2D eigenvalue weighted by atomic mass is 10.1. The van der Waals surface area contributed by atoms with E-state index in [9.17, 15) is 9.59 Å². The zero-order valence-electron chi connectivity index (χ0n) is 16.8. The van der Waals surface area contributed by atoms with Crippen molar-refractivity contribution in [1.82, 2.24) is 4.90 Å². The second-order valence-corrected chi connectivity index (χ2v) is 6.95. The molecule has 0 saturated carbocycles. The summed E-state index contributed by atoms with van der Waals surface area (Å²) in [6.07, 6.45) is 10.3. The molecular weight excluding hydrogens is 326 g/mol. The molecule has 1 rings (SSSR count). The number of unbranched alkanes of at least 4 members (excludes halogenated alkanes) is 6. The Morgan fingerprint density at radius 1 is 0.885 bits per heavy atom. The second-order valence-electron chi connectivity index (χ2n) is 6.95. The van der Waals surface area contributed by atoms with Gasteiger partial charge in [0.05, 0.1) is 6.61 Å². The minimum Gasteiger partial charge on any atom is -0.464 e. The molecule has 0 fully saturated rings. The third-order valence-electron chi connectivity index (χ3n) is 4.49. The fourth-order valence-corrected chi connectivity index (χ4v) is 2.79. The topological polar surface area (TPSA) is 46.6 Å². The molecule has 0 aliphatic carbocycles. The molecule has 0 radical (unpaired) electrons. The van der Waals surface area contributed by atoms with Crippen molar-refractivity contribution in [2.75, 3.05) is 20.2 Å². The number of carbonyl (C=O) groups is 2. The number of carbonyl (C=O) groups excluding carboxylic acids is 2. The second kappa shape index (κ2) is 13.4. The molecule has 0 atom stereocenters. The number of likely N-dealkylation sites (N-methyl/N-ethyl adjacent to an activating group) is 1. The van der Waals surface area contributed by atoms with Crippen LogP contribution in [0.2, 0.25) is 0 Å². The van der Waals surface area contributed by atoms with Crippen LogP contribution in [0.5, 0.6) is 0 Å². The zero-order chi connectivity index (χ0) is 19.2. The summed E-state index contributed by atoms with van der Waals surface area (Å²) in [4.78, 5) is 25.7. The highest BCUT2D eigenvalue weighted by atomic mass is 16.5. The monoisotopic (exact) mass is 361 g/mol. The van der Waals surface area contributed by atoms with Crippen molar-refractivity contribution in [1.29, 1.82) is 0 Å². The van der Waals surface area contributed by atoms with Crippen LogP contribution in [-0.2, 0) is 16.0 Å². The van der Waals surface area contributed by atoms with Gasteiger partial charge in [0.25, 0.3) is 5.91 Å². The van der Waals surface area contributed by atoms with Crippen LogP contribution in [-0.4, -0.2) is 37.0 Å². The lowest BCUT2D eigenvalue weighted by Crippen LogP contribution is -2.33. The molecule has 1 amide bonds. The maximum atomic E-state index is 12.4. The summed E-state index contributed by atoms with van der Waals surface area (Å²) >= 11 is 0. The molecule has 4 nitrogen and oxygen atoms in total. The van der Waals surface area contributed by atoms with Crippen molar-refractivity contribution in [2.24, 2.45) is 0 Å². The van der Waals surface area contributed by atoms with Crippen LogP contribution in [0, 0.1) is 0 Å². The first kappa shape index (κ1) is 22.2. The van der Waals surface area contributed by atoms with Crippen LogP contribution in [0.15, 0.2) is 24.3 Å². The van der Waals surface area contributed by atoms with Gasteiger partial charge in [0.2, 0.25) is 0 Å². The van der Waals surface area contributed by atoms with Gasteiger partial charge in [0.15, 0.2) is 0 Å². The van der Waals surface area contributed by atoms with Gasteiger partial charge in [-0.2, -0.15) is 0 Å². The molecule has 26 heavy (non-hydrogen) atoms. The molecular formula is C22H35NO3. The first-order chi connectivity index (χ1) is 12.6. The van der Waals surface area contributed by atoms with E-state index in [4.69, 9.17) is 4.74 Å². The van der Waals surface area contributed by atoms with Crippen molar-refractivity contribution < 1.29 is 14.3 Å². The summed E-state index contributed by atoms with van der Waals surface area (Å²) < 4.78 is 5.24. The maximum Gasteiger partial charge on any atom is 0.325 e. The van der Waals surface area contributed by atoms with Gasteiger partial charge in [0, 0.05) is 12.6 Å². The average Bonchev–Trinajstić information content (AvgIpc) is 2.65. The average molecular weight is 362 g/mol. The van der Waals surface area contributed by atoms with Gasteiger partial charge >= 0.3 is 5.97 Å². The van der Waals surface area contributed by atoms with Gasteiger partial charge in [-0.3, -0.25) is 9.59 Å². The van der Waals surface area contributed by atoms with E-state index < -0.39 is 0 Å². The van der Waals surface area contributed by atoms with Crippen molar-refractivity contribution in [3.05, 3.63) is 35.4 Å². The standard InChI is InChI=1S/C22H35NO3/c1-4-6-8-9-10-11-17-26-21(24)18-23(3)22(25)20-15-13-19(14-16-20)12-7-5-2/h13-16H,4-12,17-18H2,1-3H3. The van der Waals surface area contributed by atoms with Crippen LogP contribution in [0.1, 0.15) is 81.1 Å². The number of benzene rings is 1. The first-order valence-electron chi connectivity index (χ1n) is 10.1. The van der Waals surface area contributed by atoms with Crippen LogP contribution >= 0.6 is 0 Å². The van der Waals surface area contributed by atoms with Gasteiger partial charge in [0.1, 0.15) is 6.54 Å². The number of aryl methyl sites for hydroxylation is 1. The van der Waals surface area contributed by atoms with Gasteiger partial charge in [-0.15, -0.1) is 0 Å². The molecule has 1 aromatic carbocycles. The molecule has 0 bridgehead atoms. The molecule has 0 aromatic heterocycles. The lowest BCUT2D eigenvalue weighted by Gasteiger charge is -2.16. The fourth-order valence-electron chi connectivity index (χ4n) is 2.79. The summed E-state index contributed by atoms with van der Waals surface area (Å²) in [5.41, 5.74) is 1.85. The van der Waals surface area contributed by atoms with E-state index >= 15 is 0 Å². The van der Waals surface area contributed by atoms with E-state index in [2.05, 4.69) is 13.8 Å². The summed E-state index contributed by atoms with van der Waals surface area (Å²) in [6.45, 7) is 4.80. The van der Waals surface area contributed by atoms with Crippen molar-refractivity contribution in [2.45, 2.75) is 71.6 Å². The lowest BCUT2D eigenvalue weighted by molar-refractivity contribution is -0.144. The summed E-state index contributed by atoms with van der Waals surface area (Å²) in [6, 6.07) is 7.66. The highest BCUT2D eigenvalue weighted by Gasteiger charge is 2.15. The van der Waals surface area contributed by atoms with E-state index in [1.807, 2.05) is 24.3 Å². The van der Waals surface area contributed by atoms with E-state index in [1.165, 1.54) is 36.1 Å². The largest absolute Gasteiger partial charge is 0.464 e. The maximum absolute atomic E-state index is 12.4. The number of amides is 1. The van der Waals surface area contributed by atoms with Crippen LogP contribution in [0.3, 0.4) is 0 Å². The fraction of sp³-hybridized carbons (Fsp3) is 0.636. The Balaban J connectivity index is 2.29. The molecule has 0 aliphatic heterocycles. The normalized spacial score (nSPS) is 10.6. The summed E-state index contributed by atoms with van der Waals surface area (Å²) in [5.74, 6) is -0.488. The Morgan fingerprint density at radius 2 is 1.50 bits per heavy atom. The molecule has 1 aromatic rings. The van der Waals surface area contributed by atoms with Crippen molar-refractivity contribution in [3.63, 3.8) is 0 Å². The first-order valence-corrected chi connectivity index (χ1v) is 10.1. The molecule has 0 heterocycles. The van der Waals surface area contributed by atoms with Gasteiger partial charge in [-0.1, -0.05) is 64.5 Å². The number of ether oxygens (including phenoxy) is 1. The number of nitrogens with zero attached hydrogens (tertiary/aromatic N) is 1. The van der Waals surface area contributed by atoms with Gasteiger partial charge in [-0.25, -0.2) is 0 Å². The summed E-state index contributed by atoms with van der Waals surface area (Å²) in [5, 5.41) is 0. The van der Waals surface area contributed by atoms with E-state index in [0.717, 1.165) is 32.1 Å². The molecule has 0 unspecified atom stereocenters. The van der Waals surface area contributed by atoms with E-state index in [1.54, 1.807) is 7.05 Å². The van der Waals surface area contributed by atoms with Gasteiger partial charge < -0.3 is 9.64 Å². The highest BCUT2D eigenvalue weighted by Crippen LogP contribution is 2.10. The van der Waals surface area contributed by atoms with Gasteiger partial charge in [-0.05, 0) is 37.0 Å². The summed E-state index contributed by atoms with van der Waals surface area (Å²) in [7, 11) is 1.64. The number of esters is 1. The van der Waals surface area contributed by atoms with E-state index in [-0.39, 0.29) is 18.4 Å². The Bertz CT molecular complexity index is 525. The Hall–Kier alpha value is -1.84. The van der Waals surface area contributed by atoms with E-state index in [0.29, 0.717) is 12.2 Å². The predicted molar refractivity (Wildman–Crippen MR) is 106 cm³/mol. The SMILES string of the molecule is CCCCCCCCOC(=O)CN(C)C(=O)c1ccc(CCCC)cc1. The third-order valence-corrected chi connectivity index (χ3v) is 4.49. The number of hydrogen-bond acceptors (Lipinski definition) is 3. The van der Waals surface area contributed by atoms with Crippen LogP contribution < -0.4 is 0 Å². The predicted octanol–water partition coefficient (Wildman–Crippen LogP) is 5.00. The van der Waals surface area contributed by atoms with Crippen LogP contribution in [0.25, 0.3) is 0 Å². The van der Waals surface area contributed by atoms with Crippen molar-refractivity contribution in [3.8, 4) is 0 Å². The molecule has 0 aliphatic rings. The molecule has 0 saturated heterocycles. The number of hydrogen-bond donors (Lipinski definition) is 0. The molecule has 146 valence electrons. The Morgan fingerprint density at radius 3 is 2.15 bits per heavy atom. The van der Waals surface area contributed by atoms with Crippen molar-refractivity contribution >= 4 is 11.9 Å².